The van der Waals surface area contributed by atoms with E-state index in [1.54, 1.807) is 17.1 Å². The second-order valence-corrected chi connectivity index (χ2v) is 8.82. The van der Waals surface area contributed by atoms with Crippen molar-refractivity contribution in [1.82, 2.24) is 9.91 Å². The Bertz CT molecular complexity index is 1010. The first-order valence-electron chi connectivity index (χ1n) is 10.9. The van der Waals surface area contributed by atoms with E-state index in [-0.39, 0.29) is 24.3 Å². The number of amides is 1. The minimum atomic E-state index is -0.471. The molecule has 32 heavy (non-hydrogen) atoms. The fourth-order valence-corrected chi connectivity index (χ4v) is 4.91. The molecule has 2 aromatic carbocycles. The number of halogens is 2. The average molecular weight is 458 g/mol. The molecule has 6 nitrogen and oxygen atoms in total. The monoisotopic (exact) mass is 457 g/mol. The summed E-state index contributed by atoms with van der Waals surface area (Å²) in [6.45, 7) is 2.98. The smallest absolute Gasteiger partial charge is 0.257 e. The number of piperidine rings is 1. The average Bonchev–Trinajstić information content (AvgIpc) is 3.44. The molecule has 5 rings (SSSR count). The summed E-state index contributed by atoms with van der Waals surface area (Å²) in [7, 11) is 0. The van der Waals surface area contributed by atoms with Gasteiger partial charge in [0.1, 0.15) is 5.82 Å². The number of ether oxygens (including phenoxy) is 2. The van der Waals surface area contributed by atoms with Crippen LogP contribution in [0, 0.1) is 5.82 Å². The molecule has 168 valence electrons. The SMILES string of the molecule is O=C(CN1CCC2(CC1)OCCO2)N1N=C(c2ccc(F)cc2)C[C@@H]1c1ccccc1Cl. The number of likely N-dealkylation sites (tertiary alicyclic amines) is 1. The quantitative estimate of drug-likeness (QED) is 0.696. The van der Waals surface area contributed by atoms with Gasteiger partial charge in [-0.2, -0.15) is 5.10 Å². The van der Waals surface area contributed by atoms with Gasteiger partial charge in [0.15, 0.2) is 5.79 Å². The van der Waals surface area contributed by atoms with Gasteiger partial charge in [0.25, 0.3) is 5.91 Å². The van der Waals surface area contributed by atoms with Gasteiger partial charge in [-0.15, -0.1) is 0 Å². The van der Waals surface area contributed by atoms with Gasteiger partial charge in [0.2, 0.25) is 0 Å². The summed E-state index contributed by atoms with van der Waals surface area (Å²) in [5.41, 5.74) is 2.40. The summed E-state index contributed by atoms with van der Waals surface area (Å²) < 4.78 is 25.0. The predicted molar refractivity (Wildman–Crippen MR) is 119 cm³/mol. The highest BCUT2D eigenvalue weighted by Gasteiger charge is 2.41. The maximum atomic E-state index is 13.4. The first kappa shape index (κ1) is 21.5. The minimum absolute atomic E-state index is 0.0868. The summed E-state index contributed by atoms with van der Waals surface area (Å²) in [4.78, 5) is 15.5. The van der Waals surface area contributed by atoms with Crippen molar-refractivity contribution in [1.29, 1.82) is 0 Å². The van der Waals surface area contributed by atoms with Gasteiger partial charge in [-0.25, -0.2) is 9.40 Å². The van der Waals surface area contributed by atoms with Crippen molar-refractivity contribution in [3.05, 3.63) is 70.5 Å². The van der Waals surface area contributed by atoms with E-state index in [0.717, 1.165) is 42.8 Å². The number of carbonyl (C=O) groups excluding carboxylic acids is 1. The molecule has 1 amide bonds. The maximum absolute atomic E-state index is 13.4. The fourth-order valence-electron chi connectivity index (χ4n) is 4.65. The largest absolute Gasteiger partial charge is 0.347 e. The molecule has 3 aliphatic heterocycles. The summed E-state index contributed by atoms with van der Waals surface area (Å²) in [6, 6.07) is 13.4. The Morgan fingerprint density at radius 2 is 1.78 bits per heavy atom. The summed E-state index contributed by atoms with van der Waals surface area (Å²) >= 11 is 6.47. The molecular formula is C24H25ClFN3O3. The molecule has 1 atom stereocenters. The second kappa shape index (κ2) is 8.90. The van der Waals surface area contributed by atoms with E-state index in [4.69, 9.17) is 21.1 Å². The molecule has 0 aromatic heterocycles. The highest BCUT2D eigenvalue weighted by atomic mass is 35.5. The number of carbonyl (C=O) groups is 1. The van der Waals surface area contributed by atoms with E-state index >= 15 is 0 Å². The number of benzene rings is 2. The van der Waals surface area contributed by atoms with Crippen LogP contribution in [-0.4, -0.2) is 60.2 Å². The van der Waals surface area contributed by atoms with E-state index in [2.05, 4.69) is 10.0 Å². The van der Waals surface area contributed by atoms with Crippen LogP contribution >= 0.6 is 11.6 Å². The number of hydrogen-bond acceptors (Lipinski definition) is 5. The van der Waals surface area contributed by atoms with Crippen LogP contribution in [-0.2, 0) is 14.3 Å². The Hall–Kier alpha value is -2.32. The Morgan fingerprint density at radius 3 is 2.47 bits per heavy atom. The van der Waals surface area contributed by atoms with E-state index in [0.29, 0.717) is 24.7 Å². The number of rotatable bonds is 4. The molecule has 3 aliphatic rings. The zero-order chi connectivity index (χ0) is 22.1. The van der Waals surface area contributed by atoms with Crippen molar-refractivity contribution in [2.75, 3.05) is 32.8 Å². The summed E-state index contributed by atoms with van der Waals surface area (Å²) in [5.74, 6) is -0.862. The molecule has 2 fully saturated rings. The van der Waals surface area contributed by atoms with Crippen LogP contribution in [0.25, 0.3) is 0 Å². The van der Waals surface area contributed by atoms with Crippen LogP contribution in [0.1, 0.15) is 36.4 Å². The number of nitrogens with zero attached hydrogens (tertiary/aromatic N) is 3. The van der Waals surface area contributed by atoms with Gasteiger partial charge in [-0.3, -0.25) is 9.69 Å². The van der Waals surface area contributed by atoms with Gasteiger partial charge in [0, 0.05) is 37.4 Å². The molecule has 1 spiro atoms. The van der Waals surface area contributed by atoms with Crippen LogP contribution in [0.5, 0.6) is 0 Å². The predicted octanol–water partition coefficient (Wildman–Crippen LogP) is 4.00. The lowest BCUT2D eigenvalue weighted by molar-refractivity contribution is -0.186. The van der Waals surface area contributed by atoms with Crippen molar-refractivity contribution in [2.24, 2.45) is 5.10 Å². The van der Waals surface area contributed by atoms with Gasteiger partial charge in [-0.1, -0.05) is 41.9 Å². The topological polar surface area (TPSA) is 54.4 Å². The molecule has 2 saturated heterocycles. The van der Waals surface area contributed by atoms with E-state index in [9.17, 15) is 9.18 Å². The molecule has 0 bridgehead atoms. The maximum Gasteiger partial charge on any atom is 0.257 e. The third kappa shape index (κ3) is 4.30. The Labute approximate surface area is 191 Å². The lowest BCUT2D eigenvalue weighted by atomic mass is 9.98. The van der Waals surface area contributed by atoms with Gasteiger partial charge < -0.3 is 9.47 Å². The number of hydrazone groups is 1. The minimum Gasteiger partial charge on any atom is -0.347 e. The molecular weight excluding hydrogens is 433 g/mol. The van der Waals surface area contributed by atoms with Crippen LogP contribution in [0.15, 0.2) is 53.6 Å². The number of hydrogen-bond donors (Lipinski definition) is 0. The summed E-state index contributed by atoms with van der Waals surface area (Å²) in [5, 5.41) is 6.81. The van der Waals surface area contributed by atoms with Crippen molar-refractivity contribution >= 4 is 23.2 Å². The highest BCUT2D eigenvalue weighted by Crippen LogP contribution is 2.37. The zero-order valence-electron chi connectivity index (χ0n) is 17.7. The van der Waals surface area contributed by atoms with Gasteiger partial charge in [0.05, 0.1) is 31.5 Å². The van der Waals surface area contributed by atoms with Crippen LogP contribution in [0.3, 0.4) is 0 Å². The van der Waals surface area contributed by atoms with Crippen LogP contribution in [0.4, 0.5) is 4.39 Å². The zero-order valence-corrected chi connectivity index (χ0v) is 18.4. The van der Waals surface area contributed by atoms with Crippen LogP contribution in [0.2, 0.25) is 5.02 Å². The lowest BCUT2D eigenvalue weighted by Crippen LogP contribution is -2.48. The second-order valence-electron chi connectivity index (χ2n) is 8.42. The molecule has 0 unspecified atom stereocenters. The Kier molecular flexibility index (Phi) is 5.99. The summed E-state index contributed by atoms with van der Waals surface area (Å²) in [6.07, 6.45) is 2.02. The van der Waals surface area contributed by atoms with Crippen LogP contribution < -0.4 is 0 Å². The van der Waals surface area contributed by atoms with Crippen molar-refractivity contribution in [3.8, 4) is 0 Å². The van der Waals surface area contributed by atoms with Gasteiger partial charge >= 0.3 is 0 Å². The van der Waals surface area contributed by atoms with Crippen molar-refractivity contribution in [2.45, 2.75) is 31.1 Å². The third-order valence-corrected chi connectivity index (χ3v) is 6.74. The first-order chi connectivity index (χ1) is 15.5. The van der Waals surface area contributed by atoms with E-state index in [1.807, 2.05) is 24.3 Å². The molecule has 2 aromatic rings. The molecule has 3 heterocycles. The van der Waals surface area contributed by atoms with Crippen molar-refractivity contribution < 1.29 is 18.7 Å². The fraction of sp³-hybridized carbons (Fsp3) is 0.417. The van der Waals surface area contributed by atoms with E-state index < -0.39 is 5.79 Å². The molecule has 0 aliphatic carbocycles. The molecule has 0 radical (unpaired) electrons. The first-order valence-corrected chi connectivity index (χ1v) is 11.3. The Morgan fingerprint density at radius 1 is 1.09 bits per heavy atom. The molecule has 8 heteroatoms. The van der Waals surface area contributed by atoms with Gasteiger partial charge in [-0.05, 0) is 29.3 Å². The standard InChI is InChI=1S/C24H25ClFN3O3/c25-20-4-2-1-3-19(20)22-15-21(17-5-7-18(26)8-6-17)27-29(22)23(30)16-28-11-9-24(10-12-28)31-13-14-32-24/h1-8,22H,9-16H2/t22-/m1/s1. The third-order valence-electron chi connectivity index (χ3n) is 6.40. The normalized spacial score (nSPS) is 23.0. The molecule has 0 saturated carbocycles. The molecule has 0 N–H and O–H groups in total. The Balaban J connectivity index is 1.35. The highest BCUT2D eigenvalue weighted by molar-refractivity contribution is 6.31. The van der Waals surface area contributed by atoms with E-state index in [1.165, 1.54) is 12.1 Å². The van der Waals surface area contributed by atoms with Crippen molar-refractivity contribution in [3.63, 3.8) is 0 Å². The lowest BCUT2D eigenvalue weighted by Gasteiger charge is -2.37.